The van der Waals surface area contributed by atoms with Crippen LogP contribution in [0.15, 0.2) is 29.1 Å². The average Bonchev–Trinajstić information content (AvgIpc) is 2.85. The fourth-order valence-corrected chi connectivity index (χ4v) is 3.89. The number of nitrogens with zero attached hydrogens (tertiary/aromatic N) is 2. The molecule has 5 rings (SSSR count). The second kappa shape index (κ2) is 5.31. The SMILES string of the molecule is O=c1[nH]c2ccccc2n1CCN[C@H]1CN2CCC1CC2. The Morgan fingerprint density at radius 2 is 2.05 bits per heavy atom. The number of aromatic nitrogens is 2. The third kappa shape index (κ3) is 2.40. The molecule has 3 aliphatic heterocycles. The minimum Gasteiger partial charge on any atom is -0.311 e. The minimum atomic E-state index is -0.00749. The van der Waals surface area contributed by atoms with Gasteiger partial charge in [-0.1, -0.05) is 12.1 Å². The van der Waals surface area contributed by atoms with Gasteiger partial charge in [0.1, 0.15) is 0 Å². The predicted molar refractivity (Wildman–Crippen MR) is 83.5 cm³/mol. The van der Waals surface area contributed by atoms with Gasteiger partial charge >= 0.3 is 5.69 Å². The Bertz CT molecular complexity index is 681. The smallest absolute Gasteiger partial charge is 0.311 e. The van der Waals surface area contributed by atoms with Crippen molar-refractivity contribution in [3.8, 4) is 0 Å². The highest BCUT2D eigenvalue weighted by atomic mass is 16.1. The molecule has 0 unspecified atom stereocenters. The number of fused-ring (bicyclic) bond motifs is 4. The van der Waals surface area contributed by atoms with E-state index in [0.717, 1.165) is 30.0 Å². The maximum absolute atomic E-state index is 12.0. The normalized spacial score (nSPS) is 28.3. The number of piperidine rings is 3. The van der Waals surface area contributed by atoms with E-state index in [2.05, 4.69) is 15.2 Å². The lowest BCUT2D eigenvalue weighted by Gasteiger charge is -2.45. The molecule has 112 valence electrons. The molecule has 5 nitrogen and oxygen atoms in total. The first-order valence-electron chi connectivity index (χ1n) is 7.94. The van der Waals surface area contributed by atoms with Gasteiger partial charge in [-0.05, 0) is 44.0 Å². The Morgan fingerprint density at radius 3 is 2.81 bits per heavy atom. The van der Waals surface area contributed by atoms with Crippen LogP contribution >= 0.6 is 0 Å². The van der Waals surface area contributed by atoms with Crippen molar-refractivity contribution in [2.24, 2.45) is 5.92 Å². The van der Waals surface area contributed by atoms with Crippen molar-refractivity contribution in [2.45, 2.75) is 25.4 Å². The molecule has 0 amide bonds. The second-order valence-electron chi connectivity index (χ2n) is 6.30. The first-order valence-corrected chi connectivity index (χ1v) is 7.94. The molecule has 1 aromatic carbocycles. The van der Waals surface area contributed by atoms with Gasteiger partial charge in [0.15, 0.2) is 0 Å². The lowest BCUT2D eigenvalue weighted by Crippen LogP contribution is -2.56. The third-order valence-corrected chi connectivity index (χ3v) is 5.08. The van der Waals surface area contributed by atoms with Gasteiger partial charge in [0.05, 0.1) is 11.0 Å². The summed E-state index contributed by atoms with van der Waals surface area (Å²) in [7, 11) is 0. The van der Waals surface area contributed by atoms with Crippen LogP contribution in [0.25, 0.3) is 11.0 Å². The summed E-state index contributed by atoms with van der Waals surface area (Å²) >= 11 is 0. The number of H-pyrrole nitrogens is 1. The van der Waals surface area contributed by atoms with Gasteiger partial charge in [0.2, 0.25) is 0 Å². The van der Waals surface area contributed by atoms with Crippen molar-refractivity contribution in [1.29, 1.82) is 0 Å². The first-order chi connectivity index (χ1) is 10.3. The van der Waals surface area contributed by atoms with Crippen molar-refractivity contribution in [2.75, 3.05) is 26.2 Å². The highest BCUT2D eigenvalue weighted by Crippen LogP contribution is 2.27. The zero-order chi connectivity index (χ0) is 14.2. The van der Waals surface area contributed by atoms with E-state index in [0.29, 0.717) is 6.04 Å². The van der Waals surface area contributed by atoms with Gasteiger partial charge in [-0.2, -0.15) is 0 Å². The van der Waals surface area contributed by atoms with E-state index < -0.39 is 0 Å². The fraction of sp³-hybridized carbons (Fsp3) is 0.562. The number of rotatable bonds is 4. The molecule has 1 atom stereocenters. The number of aromatic amines is 1. The summed E-state index contributed by atoms with van der Waals surface area (Å²) in [6, 6.07) is 8.49. The number of benzene rings is 1. The quantitative estimate of drug-likeness (QED) is 0.882. The maximum Gasteiger partial charge on any atom is 0.326 e. The molecule has 5 heteroatoms. The van der Waals surface area contributed by atoms with Crippen LogP contribution in [0.3, 0.4) is 0 Å². The summed E-state index contributed by atoms with van der Waals surface area (Å²) in [6.07, 6.45) is 2.65. The zero-order valence-electron chi connectivity index (χ0n) is 12.2. The van der Waals surface area contributed by atoms with Gasteiger partial charge in [-0.3, -0.25) is 4.57 Å². The summed E-state index contributed by atoms with van der Waals surface area (Å²) < 4.78 is 1.84. The topological polar surface area (TPSA) is 53.1 Å². The van der Waals surface area contributed by atoms with E-state index >= 15 is 0 Å². The largest absolute Gasteiger partial charge is 0.326 e. The highest BCUT2D eigenvalue weighted by Gasteiger charge is 2.33. The lowest BCUT2D eigenvalue weighted by atomic mass is 9.84. The third-order valence-electron chi connectivity index (χ3n) is 5.08. The van der Waals surface area contributed by atoms with Crippen molar-refractivity contribution < 1.29 is 0 Å². The van der Waals surface area contributed by atoms with Crippen LogP contribution in [-0.2, 0) is 6.54 Å². The van der Waals surface area contributed by atoms with E-state index in [1.165, 1.54) is 32.5 Å². The highest BCUT2D eigenvalue weighted by molar-refractivity contribution is 5.74. The minimum absolute atomic E-state index is 0.00749. The van der Waals surface area contributed by atoms with Crippen molar-refractivity contribution >= 4 is 11.0 Å². The van der Waals surface area contributed by atoms with E-state index in [-0.39, 0.29) is 5.69 Å². The molecule has 1 aromatic heterocycles. The molecule has 2 aromatic rings. The summed E-state index contributed by atoms with van der Waals surface area (Å²) in [5.74, 6) is 0.828. The Kier molecular flexibility index (Phi) is 3.31. The standard InChI is InChI=1S/C16H22N4O/c21-16-18-13-3-1-2-4-15(13)20(16)10-7-17-14-11-19-8-5-12(14)6-9-19/h1-4,12,14,17H,5-11H2,(H,18,21)/t14-/m0/s1. The van der Waals surface area contributed by atoms with Gasteiger partial charge in [0.25, 0.3) is 0 Å². The molecule has 2 bridgehead atoms. The van der Waals surface area contributed by atoms with Crippen molar-refractivity contribution in [3.05, 3.63) is 34.7 Å². The molecule has 4 heterocycles. The van der Waals surface area contributed by atoms with Crippen molar-refractivity contribution in [3.63, 3.8) is 0 Å². The van der Waals surface area contributed by atoms with E-state index in [9.17, 15) is 4.79 Å². The molecule has 2 N–H and O–H groups in total. The molecule has 0 spiro atoms. The fourth-order valence-electron chi connectivity index (χ4n) is 3.89. The first kappa shape index (κ1) is 13.1. The Hall–Kier alpha value is -1.59. The molecule has 0 aliphatic carbocycles. The molecule has 3 saturated heterocycles. The monoisotopic (exact) mass is 286 g/mol. The predicted octanol–water partition coefficient (Wildman–Crippen LogP) is 1.01. The number of nitrogens with one attached hydrogen (secondary N) is 2. The number of para-hydroxylation sites is 2. The van der Waals surface area contributed by atoms with Gasteiger partial charge < -0.3 is 15.2 Å². The summed E-state index contributed by atoms with van der Waals surface area (Å²) in [4.78, 5) is 17.5. The van der Waals surface area contributed by atoms with E-state index in [4.69, 9.17) is 0 Å². The molecule has 3 fully saturated rings. The average molecular weight is 286 g/mol. The van der Waals surface area contributed by atoms with Crippen LogP contribution in [0.2, 0.25) is 0 Å². The summed E-state index contributed by atoms with van der Waals surface area (Å²) in [5.41, 5.74) is 1.91. The van der Waals surface area contributed by atoms with Crippen LogP contribution < -0.4 is 11.0 Å². The number of hydrogen-bond donors (Lipinski definition) is 2. The molecular formula is C16H22N4O. The molecule has 0 radical (unpaired) electrons. The summed E-state index contributed by atoms with van der Waals surface area (Å²) in [5, 5.41) is 3.67. The van der Waals surface area contributed by atoms with Crippen molar-refractivity contribution in [1.82, 2.24) is 19.8 Å². The van der Waals surface area contributed by atoms with E-state index in [1.54, 1.807) is 0 Å². The zero-order valence-corrected chi connectivity index (χ0v) is 12.2. The van der Waals surface area contributed by atoms with Gasteiger partial charge in [0, 0.05) is 25.7 Å². The maximum atomic E-state index is 12.0. The second-order valence-corrected chi connectivity index (χ2v) is 6.30. The number of imidazole rings is 1. The van der Waals surface area contributed by atoms with Gasteiger partial charge in [-0.15, -0.1) is 0 Å². The van der Waals surface area contributed by atoms with Gasteiger partial charge in [-0.25, -0.2) is 4.79 Å². The summed E-state index contributed by atoms with van der Waals surface area (Å²) in [6.45, 7) is 5.30. The van der Waals surface area contributed by atoms with E-state index in [1.807, 2.05) is 28.8 Å². The Labute approximate surface area is 123 Å². The van der Waals surface area contributed by atoms with Crippen LogP contribution in [0.1, 0.15) is 12.8 Å². The molecule has 3 aliphatic rings. The lowest BCUT2D eigenvalue weighted by molar-refractivity contribution is 0.0725. The van der Waals surface area contributed by atoms with Crippen LogP contribution in [0.4, 0.5) is 0 Å². The Balaban J connectivity index is 1.42. The molecule has 0 saturated carbocycles. The number of hydrogen-bond acceptors (Lipinski definition) is 3. The Morgan fingerprint density at radius 1 is 1.24 bits per heavy atom. The molecule has 21 heavy (non-hydrogen) atoms. The van der Waals surface area contributed by atoms with Crippen LogP contribution in [0, 0.1) is 5.92 Å². The van der Waals surface area contributed by atoms with Crippen LogP contribution in [0.5, 0.6) is 0 Å². The van der Waals surface area contributed by atoms with Crippen LogP contribution in [-0.4, -0.2) is 46.7 Å². The molecular weight excluding hydrogens is 264 g/mol.